The molecule has 0 saturated carbocycles. The number of carbonyl (C=O) groups excluding carboxylic acids is 1. The lowest BCUT2D eigenvalue weighted by atomic mass is 10.1. The van der Waals surface area contributed by atoms with Crippen LogP contribution in [-0.4, -0.2) is 30.7 Å². The standard InChI is InChI=1S/C14H20N2O3.ClH/c1-3-4-11(15)14(17)16(2)8-10-5-6-12-13(7-10)19-9-18-12;/h5-7,11H,3-4,8-9,15H2,1-2H3;1H. The number of likely N-dealkylation sites (N-methyl/N-ethyl adjacent to an activating group) is 1. The molecule has 1 amide bonds. The zero-order valence-corrected chi connectivity index (χ0v) is 12.6. The first-order valence-corrected chi connectivity index (χ1v) is 6.51. The van der Waals surface area contributed by atoms with E-state index in [9.17, 15) is 4.79 Å². The van der Waals surface area contributed by atoms with Crippen molar-refractivity contribution in [2.75, 3.05) is 13.8 Å². The molecule has 1 aliphatic rings. The average Bonchev–Trinajstić information content (AvgIpc) is 2.85. The first-order chi connectivity index (χ1) is 9.11. The van der Waals surface area contributed by atoms with Crippen molar-refractivity contribution in [3.63, 3.8) is 0 Å². The Bertz CT molecular complexity index is 468. The van der Waals surface area contributed by atoms with Crippen LogP contribution in [0.1, 0.15) is 25.3 Å². The van der Waals surface area contributed by atoms with Crippen molar-refractivity contribution >= 4 is 18.3 Å². The van der Waals surface area contributed by atoms with Crippen LogP contribution in [0.3, 0.4) is 0 Å². The highest BCUT2D eigenvalue weighted by Crippen LogP contribution is 2.32. The van der Waals surface area contributed by atoms with Crippen molar-refractivity contribution in [3.8, 4) is 11.5 Å². The molecule has 0 aliphatic carbocycles. The Kier molecular flexibility index (Phi) is 6.10. The Balaban J connectivity index is 0.00000200. The fourth-order valence-electron chi connectivity index (χ4n) is 2.11. The van der Waals surface area contributed by atoms with Crippen molar-refractivity contribution in [2.45, 2.75) is 32.4 Å². The summed E-state index contributed by atoms with van der Waals surface area (Å²) < 4.78 is 10.6. The second-order valence-corrected chi connectivity index (χ2v) is 4.78. The van der Waals surface area contributed by atoms with Crippen LogP contribution >= 0.6 is 12.4 Å². The van der Waals surface area contributed by atoms with Crippen LogP contribution in [0, 0.1) is 0 Å². The van der Waals surface area contributed by atoms with Crippen LogP contribution in [-0.2, 0) is 11.3 Å². The third kappa shape index (κ3) is 3.77. The molecule has 0 bridgehead atoms. The van der Waals surface area contributed by atoms with E-state index in [2.05, 4.69) is 0 Å². The van der Waals surface area contributed by atoms with E-state index in [0.29, 0.717) is 13.0 Å². The van der Waals surface area contributed by atoms with E-state index in [0.717, 1.165) is 23.5 Å². The summed E-state index contributed by atoms with van der Waals surface area (Å²) in [5.41, 5.74) is 6.84. The first-order valence-electron chi connectivity index (χ1n) is 6.51. The van der Waals surface area contributed by atoms with E-state index in [1.807, 2.05) is 25.1 Å². The number of nitrogens with two attached hydrogens (primary N) is 1. The molecule has 0 radical (unpaired) electrons. The van der Waals surface area contributed by atoms with Gasteiger partial charge in [-0.05, 0) is 24.1 Å². The lowest BCUT2D eigenvalue weighted by Gasteiger charge is -2.21. The molecule has 2 N–H and O–H groups in total. The van der Waals surface area contributed by atoms with Gasteiger partial charge in [-0.15, -0.1) is 12.4 Å². The Morgan fingerprint density at radius 2 is 2.10 bits per heavy atom. The predicted molar refractivity (Wildman–Crippen MR) is 79.2 cm³/mol. The molecule has 1 aliphatic heterocycles. The highest BCUT2D eigenvalue weighted by atomic mass is 35.5. The minimum atomic E-state index is -0.413. The van der Waals surface area contributed by atoms with E-state index in [1.165, 1.54) is 0 Å². The van der Waals surface area contributed by atoms with E-state index >= 15 is 0 Å². The van der Waals surface area contributed by atoms with E-state index < -0.39 is 6.04 Å². The van der Waals surface area contributed by atoms with Gasteiger partial charge >= 0.3 is 0 Å². The third-order valence-corrected chi connectivity index (χ3v) is 3.15. The number of ether oxygens (including phenoxy) is 2. The third-order valence-electron chi connectivity index (χ3n) is 3.15. The van der Waals surface area contributed by atoms with Crippen LogP contribution in [0.15, 0.2) is 18.2 Å². The minimum Gasteiger partial charge on any atom is -0.454 e. The number of amides is 1. The monoisotopic (exact) mass is 300 g/mol. The van der Waals surface area contributed by atoms with Gasteiger partial charge in [-0.25, -0.2) is 0 Å². The fourth-order valence-corrected chi connectivity index (χ4v) is 2.11. The highest BCUT2D eigenvalue weighted by molar-refractivity contribution is 5.85. The van der Waals surface area contributed by atoms with Gasteiger partial charge < -0.3 is 20.1 Å². The largest absolute Gasteiger partial charge is 0.454 e. The summed E-state index contributed by atoms with van der Waals surface area (Å²) >= 11 is 0. The van der Waals surface area contributed by atoms with Gasteiger partial charge in [0.1, 0.15) is 0 Å². The average molecular weight is 301 g/mol. The maximum Gasteiger partial charge on any atom is 0.239 e. The maximum atomic E-state index is 12.0. The normalized spacial score (nSPS) is 13.6. The maximum absolute atomic E-state index is 12.0. The topological polar surface area (TPSA) is 64.8 Å². The van der Waals surface area contributed by atoms with E-state index in [-0.39, 0.29) is 25.1 Å². The summed E-state index contributed by atoms with van der Waals surface area (Å²) in [6, 6.07) is 5.28. The van der Waals surface area contributed by atoms with Crippen molar-refractivity contribution in [1.82, 2.24) is 4.90 Å². The molecule has 6 heteroatoms. The fraction of sp³-hybridized carbons (Fsp3) is 0.500. The Labute approximate surface area is 125 Å². The molecule has 1 unspecified atom stereocenters. The van der Waals surface area contributed by atoms with E-state index in [1.54, 1.807) is 11.9 Å². The zero-order chi connectivity index (χ0) is 13.8. The summed E-state index contributed by atoms with van der Waals surface area (Å²) in [5, 5.41) is 0. The Morgan fingerprint density at radius 3 is 2.80 bits per heavy atom. The van der Waals surface area contributed by atoms with Crippen LogP contribution in [0.25, 0.3) is 0 Å². The number of benzene rings is 1. The van der Waals surface area contributed by atoms with Crippen molar-refractivity contribution in [1.29, 1.82) is 0 Å². The number of hydrogen-bond donors (Lipinski definition) is 1. The molecule has 1 aromatic rings. The molecule has 1 heterocycles. The molecular weight excluding hydrogens is 280 g/mol. The van der Waals surface area contributed by atoms with Gasteiger partial charge in [0.05, 0.1) is 6.04 Å². The van der Waals surface area contributed by atoms with Gasteiger partial charge in [-0.2, -0.15) is 0 Å². The number of rotatable bonds is 5. The number of hydrogen-bond acceptors (Lipinski definition) is 4. The SMILES string of the molecule is CCCC(N)C(=O)N(C)Cc1ccc2c(c1)OCO2.Cl. The smallest absolute Gasteiger partial charge is 0.239 e. The molecule has 0 aromatic heterocycles. The lowest BCUT2D eigenvalue weighted by Crippen LogP contribution is -2.41. The molecule has 2 rings (SSSR count). The van der Waals surface area contributed by atoms with Gasteiger partial charge in [-0.1, -0.05) is 19.4 Å². The molecular formula is C14H21ClN2O3. The van der Waals surface area contributed by atoms with Crippen molar-refractivity contribution in [2.24, 2.45) is 5.73 Å². The minimum absolute atomic E-state index is 0. The Hall–Kier alpha value is -1.46. The quantitative estimate of drug-likeness (QED) is 0.902. The summed E-state index contributed by atoms with van der Waals surface area (Å²) in [5.74, 6) is 1.45. The number of nitrogens with zero attached hydrogens (tertiary/aromatic N) is 1. The molecule has 0 fully saturated rings. The molecule has 0 spiro atoms. The van der Waals surface area contributed by atoms with Crippen LogP contribution in [0.5, 0.6) is 11.5 Å². The molecule has 0 saturated heterocycles. The van der Waals surface area contributed by atoms with E-state index in [4.69, 9.17) is 15.2 Å². The first kappa shape index (κ1) is 16.6. The molecule has 112 valence electrons. The second kappa shape index (κ2) is 7.36. The predicted octanol–water partition coefficient (Wildman–Crippen LogP) is 1.92. The van der Waals surface area contributed by atoms with Crippen LogP contribution in [0.2, 0.25) is 0 Å². The number of carbonyl (C=O) groups is 1. The van der Waals surface area contributed by atoms with Gasteiger partial charge in [0.2, 0.25) is 12.7 Å². The van der Waals surface area contributed by atoms with Crippen molar-refractivity contribution in [3.05, 3.63) is 23.8 Å². The van der Waals surface area contributed by atoms with Gasteiger partial charge in [0.15, 0.2) is 11.5 Å². The number of fused-ring (bicyclic) bond motifs is 1. The second-order valence-electron chi connectivity index (χ2n) is 4.78. The van der Waals surface area contributed by atoms with Crippen LogP contribution in [0.4, 0.5) is 0 Å². The van der Waals surface area contributed by atoms with Gasteiger partial charge in [0, 0.05) is 13.6 Å². The summed E-state index contributed by atoms with van der Waals surface area (Å²) in [7, 11) is 1.77. The summed E-state index contributed by atoms with van der Waals surface area (Å²) in [6.07, 6.45) is 1.62. The Morgan fingerprint density at radius 1 is 1.40 bits per heavy atom. The zero-order valence-electron chi connectivity index (χ0n) is 11.8. The molecule has 5 nitrogen and oxygen atoms in total. The lowest BCUT2D eigenvalue weighted by molar-refractivity contribution is -0.132. The highest BCUT2D eigenvalue weighted by Gasteiger charge is 2.18. The molecule has 1 atom stereocenters. The summed E-state index contributed by atoms with van der Waals surface area (Å²) in [6.45, 7) is 2.80. The number of halogens is 1. The summed E-state index contributed by atoms with van der Waals surface area (Å²) in [4.78, 5) is 13.7. The molecule has 20 heavy (non-hydrogen) atoms. The van der Waals surface area contributed by atoms with Crippen LogP contribution < -0.4 is 15.2 Å². The van der Waals surface area contributed by atoms with Crippen molar-refractivity contribution < 1.29 is 14.3 Å². The molecule has 1 aromatic carbocycles. The van der Waals surface area contributed by atoms with Gasteiger partial charge in [-0.3, -0.25) is 4.79 Å². The van der Waals surface area contributed by atoms with Gasteiger partial charge in [0.25, 0.3) is 0 Å².